The van der Waals surface area contributed by atoms with Crippen LogP contribution in [-0.4, -0.2) is 25.7 Å². The maximum Gasteiger partial charge on any atom is 0.00796 e. The maximum absolute atomic E-state index is 3.55. The third-order valence-electron chi connectivity index (χ3n) is 3.99. The van der Waals surface area contributed by atoms with Crippen LogP contribution in [0.15, 0.2) is 18.2 Å². The molecule has 1 saturated heterocycles. The smallest absolute Gasteiger partial charge is 0.00796 e. The molecule has 1 atom stereocenters. The molecular weight excluding hydrogens is 220 g/mol. The molecule has 0 bridgehead atoms. The van der Waals surface area contributed by atoms with E-state index in [-0.39, 0.29) is 0 Å². The molecule has 1 aromatic carbocycles. The van der Waals surface area contributed by atoms with Crippen molar-refractivity contribution in [1.29, 1.82) is 0 Å². The average molecular weight is 246 g/mol. The highest BCUT2D eigenvalue weighted by molar-refractivity contribution is 5.29. The van der Waals surface area contributed by atoms with Crippen molar-refractivity contribution in [3.05, 3.63) is 34.9 Å². The second kappa shape index (κ2) is 6.91. The molecule has 1 heterocycles. The van der Waals surface area contributed by atoms with E-state index in [4.69, 9.17) is 0 Å². The molecule has 1 aliphatic heterocycles. The van der Waals surface area contributed by atoms with Crippen LogP contribution in [0.3, 0.4) is 0 Å². The lowest BCUT2D eigenvalue weighted by atomic mass is 10.0. The normalized spacial score (nSPS) is 19.3. The van der Waals surface area contributed by atoms with E-state index in [1.54, 1.807) is 0 Å². The standard InChI is InChI=1S/C16H26N2/c1-13-5-6-15(12-14(13)2)7-10-17-11-8-16-4-3-9-18-16/h5-6,12,16-18H,3-4,7-11H2,1-2H3. The molecule has 0 spiro atoms. The van der Waals surface area contributed by atoms with Crippen molar-refractivity contribution in [2.75, 3.05) is 19.6 Å². The van der Waals surface area contributed by atoms with Crippen LogP contribution in [0.5, 0.6) is 0 Å². The Labute approximate surface area is 111 Å². The molecule has 2 nitrogen and oxygen atoms in total. The fraction of sp³-hybridized carbons (Fsp3) is 0.625. The zero-order valence-electron chi connectivity index (χ0n) is 11.8. The summed E-state index contributed by atoms with van der Waals surface area (Å²) in [7, 11) is 0. The molecule has 1 aliphatic rings. The molecule has 2 N–H and O–H groups in total. The molecular formula is C16H26N2. The van der Waals surface area contributed by atoms with Gasteiger partial charge in [0.15, 0.2) is 0 Å². The summed E-state index contributed by atoms with van der Waals surface area (Å²) in [6.07, 6.45) is 5.12. The summed E-state index contributed by atoms with van der Waals surface area (Å²) in [5, 5.41) is 7.09. The van der Waals surface area contributed by atoms with Crippen molar-refractivity contribution in [3.8, 4) is 0 Å². The fourth-order valence-corrected chi connectivity index (χ4v) is 2.60. The van der Waals surface area contributed by atoms with Crippen molar-refractivity contribution < 1.29 is 0 Å². The first kappa shape index (κ1) is 13.6. The van der Waals surface area contributed by atoms with Gasteiger partial charge in [0.25, 0.3) is 0 Å². The van der Waals surface area contributed by atoms with Crippen LogP contribution in [0.1, 0.15) is 36.0 Å². The first-order valence-corrected chi connectivity index (χ1v) is 7.26. The first-order chi connectivity index (χ1) is 8.75. The lowest BCUT2D eigenvalue weighted by Gasteiger charge is -2.11. The molecule has 100 valence electrons. The van der Waals surface area contributed by atoms with Gasteiger partial charge in [0.05, 0.1) is 0 Å². The number of benzene rings is 1. The second-order valence-corrected chi connectivity index (χ2v) is 5.50. The summed E-state index contributed by atoms with van der Waals surface area (Å²) in [6.45, 7) is 7.81. The van der Waals surface area contributed by atoms with Gasteiger partial charge in [0.2, 0.25) is 0 Å². The van der Waals surface area contributed by atoms with E-state index in [0.29, 0.717) is 0 Å². The maximum atomic E-state index is 3.55. The number of aryl methyl sites for hydroxylation is 2. The minimum Gasteiger partial charge on any atom is -0.316 e. The number of hydrogen-bond acceptors (Lipinski definition) is 2. The lowest BCUT2D eigenvalue weighted by molar-refractivity contribution is 0.525. The molecule has 0 aromatic heterocycles. The largest absolute Gasteiger partial charge is 0.316 e. The quantitative estimate of drug-likeness (QED) is 0.754. The van der Waals surface area contributed by atoms with E-state index in [1.165, 1.54) is 42.5 Å². The van der Waals surface area contributed by atoms with Crippen LogP contribution in [0.2, 0.25) is 0 Å². The Bertz CT molecular complexity index is 367. The molecule has 18 heavy (non-hydrogen) atoms. The van der Waals surface area contributed by atoms with Gasteiger partial charge in [-0.1, -0.05) is 18.2 Å². The predicted molar refractivity (Wildman–Crippen MR) is 78.1 cm³/mol. The van der Waals surface area contributed by atoms with Crippen molar-refractivity contribution in [2.45, 2.75) is 45.6 Å². The van der Waals surface area contributed by atoms with Crippen LogP contribution in [-0.2, 0) is 6.42 Å². The van der Waals surface area contributed by atoms with E-state index >= 15 is 0 Å². The van der Waals surface area contributed by atoms with Crippen LogP contribution >= 0.6 is 0 Å². The van der Waals surface area contributed by atoms with E-state index in [2.05, 4.69) is 42.7 Å². The van der Waals surface area contributed by atoms with Gasteiger partial charge >= 0.3 is 0 Å². The summed E-state index contributed by atoms with van der Waals surface area (Å²) < 4.78 is 0. The molecule has 1 fully saturated rings. The molecule has 2 heteroatoms. The van der Waals surface area contributed by atoms with Gasteiger partial charge in [0, 0.05) is 6.04 Å². The zero-order valence-corrected chi connectivity index (χ0v) is 11.8. The van der Waals surface area contributed by atoms with E-state index in [1.807, 2.05) is 0 Å². The lowest BCUT2D eigenvalue weighted by Crippen LogP contribution is -2.28. The summed E-state index contributed by atoms with van der Waals surface area (Å²) >= 11 is 0. The number of nitrogens with one attached hydrogen (secondary N) is 2. The Kier molecular flexibility index (Phi) is 5.21. The Morgan fingerprint density at radius 1 is 1.22 bits per heavy atom. The third kappa shape index (κ3) is 4.11. The van der Waals surface area contributed by atoms with Crippen molar-refractivity contribution >= 4 is 0 Å². The molecule has 0 aliphatic carbocycles. The van der Waals surface area contributed by atoms with Crippen LogP contribution in [0.4, 0.5) is 0 Å². The highest BCUT2D eigenvalue weighted by Crippen LogP contribution is 2.10. The van der Waals surface area contributed by atoms with Gasteiger partial charge in [-0.15, -0.1) is 0 Å². The zero-order chi connectivity index (χ0) is 12.8. The molecule has 1 unspecified atom stereocenters. The Hall–Kier alpha value is -0.860. The minimum atomic E-state index is 0.763. The molecule has 0 saturated carbocycles. The molecule has 1 aromatic rings. The van der Waals surface area contributed by atoms with Crippen LogP contribution in [0, 0.1) is 13.8 Å². The van der Waals surface area contributed by atoms with Crippen LogP contribution < -0.4 is 10.6 Å². The summed E-state index contributed by atoms with van der Waals surface area (Å²) in [5.74, 6) is 0. The fourth-order valence-electron chi connectivity index (χ4n) is 2.60. The summed E-state index contributed by atoms with van der Waals surface area (Å²) in [4.78, 5) is 0. The predicted octanol–water partition coefficient (Wildman–Crippen LogP) is 2.58. The van der Waals surface area contributed by atoms with Crippen LogP contribution in [0.25, 0.3) is 0 Å². The SMILES string of the molecule is Cc1ccc(CCNCCC2CCCN2)cc1C. The Morgan fingerprint density at radius 2 is 2.11 bits per heavy atom. The molecule has 2 rings (SSSR count). The summed E-state index contributed by atoms with van der Waals surface area (Å²) in [6, 6.07) is 7.56. The number of rotatable bonds is 6. The van der Waals surface area contributed by atoms with Gasteiger partial charge in [-0.3, -0.25) is 0 Å². The highest BCUT2D eigenvalue weighted by Gasteiger charge is 2.12. The van der Waals surface area contributed by atoms with Gasteiger partial charge < -0.3 is 10.6 Å². The molecule has 0 radical (unpaired) electrons. The van der Waals surface area contributed by atoms with E-state index in [0.717, 1.165) is 25.6 Å². The number of hydrogen-bond donors (Lipinski definition) is 2. The van der Waals surface area contributed by atoms with Crippen molar-refractivity contribution in [1.82, 2.24) is 10.6 Å². The van der Waals surface area contributed by atoms with Gasteiger partial charge in [-0.2, -0.15) is 0 Å². The van der Waals surface area contributed by atoms with Gasteiger partial charge in [-0.25, -0.2) is 0 Å². The van der Waals surface area contributed by atoms with E-state index < -0.39 is 0 Å². The van der Waals surface area contributed by atoms with Gasteiger partial charge in [0.1, 0.15) is 0 Å². The summed E-state index contributed by atoms with van der Waals surface area (Å²) in [5.41, 5.74) is 4.24. The second-order valence-electron chi connectivity index (χ2n) is 5.50. The topological polar surface area (TPSA) is 24.1 Å². The van der Waals surface area contributed by atoms with E-state index in [9.17, 15) is 0 Å². The minimum absolute atomic E-state index is 0.763. The first-order valence-electron chi connectivity index (χ1n) is 7.26. The average Bonchev–Trinajstić information content (AvgIpc) is 2.86. The molecule has 0 amide bonds. The highest BCUT2D eigenvalue weighted by atomic mass is 14.9. The third-order valence-corrected chi connectivity index (χ3v) is 3.99. The Morgan fingerprint density at radius 3 is 2.83 bits per heavy atom. The monoisotopic (exact) mass is 246 g/mol. The van der Waals surface area contributed by atoms with Crippen molar-refractivity contribution in [3.63, 3.8) is 0 Å². The Balaban J connectivity index is 1.61. The van der Waals surface area contributed by atoms with Crippen molar-refractivity contribution in [2.24, 2.45) is 0 Å². The van der Waals surface area contributed by atoms with Gasteiger partial charge in [-0.05, 0) is 75.9 Å².